The zero-order valence-corrected chi connectivity index (χ0v) is 13.3. The Labute approximate surface area is 112 Å². The molecule has 0 unspecified atom stereocenters. The maximum Gasteiger partial charge on any atom is 0.261 e. The third-order valence-electron chi connectivity index (χ3n) is 3.37. The van der Waals surface area contributed by atoms with Crippen LogP contribution in [0.4, 0.5) is 5.69 Å². The van der Waals surface area contributed by atoms with Crippen molar-refractivity contribution in [3.63, 3.8) is 0 Å². The minimum absolute atomic E-state index is 0.158. The number of carbonyl (C=O) groups excluding carboxylic acids is 1. The molecule has 0 saturated carbocycles. The van der Waals surface area contributed by atoms with E-state index in [0.717, 1.165) is 23.0 Å². The summed E-state index contributed by atoms with van der Waals surface area (Å²) < 4.78 is 0. The summed E-state index contributed by atoms with van der Waals surface area (Å²) in [6.07, 6.45) is 1.79. The SMILES string of the molecule is CC[P+](C)(C)CC(=O)Nc1c(C)cc(C)cc1C. The molecule has 18 heavy (non-hydrogen) atoms. The lowest BCUT2D eigenvalue weighted by molar-refractivity contribution is -0.113. The van der Waals surface area contributed by atoms with Gasteiger partial charge in [0, 0.05) is 26.3 Å². The first-order chi connectivity index (χ1) is 8.25. The number of aryl methyl sites for hydroxylation is 3. The molecule has 1 rings (SSSR count). The minimum atomic E-state index is -1.07. The van der Waals surface area contributed by atoms with Crippen LogP contribution in [0.15, 0.2) is 12.1 Å². The fraction of sp³-hybridized carbons (Fsp3) is 0.533. The van der Waals surface area contributed by atoms with Crippen LogP contribution in [0.5, 0.6) is 0 Å². The highest BCUT2D eigenvalue weighted by Crippen LogP contribution is 2.50. The molecule has 1 aromatic rings. The number of carbonyl (C=O) groups is 1. The average molecular weight is 266 g/mol. The van der Waals surface area contributed by atoms with E-state index < -0.39 is 7.26 Å². The van der Waals surface area contributed by atoms with E-state index in [1.807, 2.05) is 0 Å². The molecule has 0 aliphatic rings. The highest BCUT2D eigenvalue weighted by molar-refractivity contribution is 7.75. The minimum Gasteiger partial charge on any atom is -0.322 e. The van der Waals surface area contributed by atoms with Gasteiger partial charge >= 0.3 is 0 Å². The van der Waals surface area contributed by atoms with E-state index in [-0.39, 0.29) is 5.91 Å². The summed E-state index contributed by atoms with van der Waals surface area (Å²) in [6.45, 7) is 12.8. The number of benzene rings is 1. The zero-order chi connectivity index (χ0) is 13.9. The Morgan fingerprint density at radius 1 is 1.17 bits per heavy atom. The maximum atomic E-state index is 12.1. The van der Waals surface area contributed by atoms with Crippen molar-refractivity contribution >= 4 is 18.9 Å². The van der Waals surface area contributed by atoms with Gasteiger partial charge < -0.3 is 5.32 Å². The summed E-state index contributed by atoms with van der Waals surface area (Å²) in [6, 6.07) is 4.23. The highest BCUT2D eigenvalue weighted by Gasteiger charge is 2.26. The summed E-state index contributed by atoms with van der Waals surface area (Å²) in [5, 5.41) is 3.08. The molecule has 1 aromatic carbocycles. The molecule has 0 atom stereocenters. The second-order valence-electron chi connectivity index (χ2n) is 5.73. The smallest absolute Gasteiger partial charge is 0.261 e. The Morgan fingerprint density at radius 2 is 1.67 bits per heavy atom. The van der Waals surface area contributed by atoms with Crippen molar-refractivity contribution in [1.29, 1.82) is 0 Å². The normalized spacial score (nSPS) is 11.4. The third kappa shape index (κ3) is 4.10. The number of anilines is 1. The van der Waals surface area contributed by atoms with E-state index in [0.29, 0.717) is 6.16 Å². The van der Waals surface area contributed by atoms with Crippen molar-refractivity contribution in [3.05, 3.63) is 28.8 Å². The van der Waals surface area contributed by atoms with Gasteiger partial charge in [-0.3, -0.25) is 4.79 Å². The number of rotatable bonds is 4. The number of hydrogen-bond donors (Lipinski definition) is 1. The quantitative estimate of drug-likeness (QED) is 0.824. The first kappa shape index (κ1) is 15.2. The van der Waals surface area contributed by atoms with Gasteiger partial charge in [0.1, 0.15) is 6.16 Å². The largest absolute Gasteiger partial charge is 0.322 e. The van der Waals surface area contributed by atoms with Crippen molar-refractivity contribution < 1.29 is 4.79 Å². The lowest BCUT2D eigenvalue weighted by Gasteiger charge is -2.17. The molecule has 0 heterocycles. The monoisotopic (exact) mass is 266 g/mol. The van der Waals surface area contributed by atoms with Gasteiger partial charge in [-0.25, -0.2) is 0 Å². The van der Waals surface area contributed by atoms with Gasteiger partial charge in [-0.15, -0.1) is 0 Å². The molecule has 100 valence electrons. The molecule has 0 fully saturated rings. The Balaban J connectivity index is 2.83. The third-order valence-corrected chi connectivity index (χ3v) is 6.22. The molecule has 0 saturated heterocycles. The van der Waals surface area contributed by atoms with Crippen LogP contribution in [0.25, 0.3) is 0 Å². The Bertz CT molecular complexity index is 429. The Kier molecular flexibility index (Phi) is 4.92. The van der Waals surface area contributed by atoms with E-state index in [1.165, 1.54) is 5.56 Å². The van der Waals surface area contributed by atoms with E-state index in [4.69, 9.17) is 0 Å². The number of hydrogen-bond acceptors (Lipinski definition) is 1. The molecule has 0 aromatic heterocycles. The molecule has 3 heteroatoms. The summed E-state index contributed by atoms with van der Waals surface area (Å²) >= 11 is 0. The number of amides is 1. The highest BCUT2D eigenvalue weighted by atomic mass is 31.2. The lowest BCUT2D eigenvalue weighted by Crippen LogP contribution is -2.20. The predicted molar refractivity (Wildman–Crippen MR) is 83.5 cm³/mol. The summed E-state index contributed by atoms with van der Waals surface area (Å²) in [4.78, 5) is 12.1. The fourth-order valence-electron chi connectivity index (χ4n) is 2.06. The van der Waals surface area contributed by atoms with Gasteiger partial charge in [0.2, 0.25) is 0 Å². The van der Waals surface area contributed by atoms with Crippen LogP contribution in [0, 0.1) is 20.8 Å². The van der Waals surface area contributed by atoms with Crippen molar-refractivity contribution in [2.75, 3.05) is 31.0 Å². The van der Waals surface area contributed by atoms with Crippen molar-refractivity contribution in [3.8, 4) is 0 Å². The van der Waals surface area contributed by atoms with Crippen LogP contribution in [-0.2, 0) is 4.79 Å². The lowest BCUT2D eigenvalue weighted by atomic mass is 10.1. The molecule has 0 radical (unpaired) electrons. The summed E-state index contributed by atoms with van der Waals surface area (Å²) in [5.74, 6) is 0.158. The number of nitrogens with one attached hydrogen (secondary N) is 1. The molecule has 1 N–H and O–H groups in total. The van der Waals surface area contributed by atoms with Gasteiger partial charge in [0.25, 0.3) is 5.91 Å². The molecular weight excluding hydrogens is 241 g/mol. The van der Waals surface area contributed by atoms with Crippen LogP contribution in [0.1, 0.15) is 23.6 Å². The van der Waals surface area contributed by atoms with Crippen LogP contribution < -0.4 is 5.32 Å². The van der Waals surface area contributed by atoms with Gasteiger partial charge in [0.15, 0.2) is 0 Å². The Hall–Kier alpha value is -0.880. The first-order valence-corrected chi connectivity index (χ1v) is 9.50. The molecule has 2 nitrogen and oxygen atoms in total. The average Bonchev–Trinajstić information content (AvgIpc) is 2.22. The van der Waals surface area contributed by atoms with Crippen molar-refractivity contribution in [2.45, 2.75) is 27.7 Å². The van der Waals surface area contributed by atoms with Gasteiger partial charge in [0.05, 0.1) is 6.16 Å². The van der Waals surface area contributed by atoms with Crippen molar-refractivity contribution in [1.82, 2.24) is 0 Å². The summed E-state index contributed by atoms with van der Waals surface area (Å²) in [7, 11) is -1.07. The molecule has 0 spiro atoms. The Morgan fingerprint density at radius 3 is 2.11 bits per heavy atom. The molecule has 1 amide bonds. The molecule has 0 bridgehead atoms. The molecule has 0 aliphatic heterocycles. The van der Waals surface area contributed by atoms with E-state index >= 15 is 0 Å². The first-order valence-electron chi connectivity index (χ1n) is 6.45. The van der Waals surface area contributed by atoms with Gasteiger partial charge in [-0.2, -0.15) is 0 Å². The van der Waals surface area contributed by atoms with Gasteiger partial charge in [-0.1, -0.05) is 17.7 Å². The van der Waals surface area contributed by atoms with Crippen molar-refractivity contribution in [2.24, 2.45) is 0 Å². The summed E-state index contributed by atoms with van der Waals surface area (Å²) in [5.41, 5.74) is 4.52. The van der Waals surface area contributed by atoms with Crippen LogP contribution >= 0.6 is 7.26 Å². The standard InChI is InChI=1S/C15H24NOP/c1-7-18(5,6)10-14(17)16-15-12(3)8-11(2)9-13(15)4/h8-9H,7,10H2,1-6H3/p+1. The van der Waals surface area contributed by atoms with Gasteiger partial charge in [-0.05, 0) is 38.8 Å². The predicted octanol–water partition coefficient (Wildman–Crippen LogP) is 3.85. The topological polar surface area (TPSA) is 29.1 Å². The second kappa shape index (κ2) is 5.84. The van der Waals surface area contributed by atoms with Crippen LogP contribution in [0.3, 0.4) is 0 Å². The van der Waals surface area contributed by atoms with Crippen LogP contribution in [0.2, 0.25) is 0 Å². The van der Waals surface area contributed by atoms with E-state index in [9.17, 15) is 4.79 Å². The van der Waals surface area contributed by atoms with E-state index in [1.54, 1.807) is 0 Å². The second-order valence-corrected chi connectivity index (χ2v) is 10.6. The fourth-order valence-corrected chi connectivity index (χ4v) is 3.14. The van der Waals surface area contributed by atoms with Crippen LogP contribution in [-0.4, -0.2) is 31.6 Å². The molecule has 0 aliphatic carbocycles. The zero-order valence-electron chi connectivity index (χ0n) is 12.4. The molecular formula is C15H25NOP+. The maximum absolute atomic E-state index is 12.1. The van der Waals surface area contributed by atoms with E-state index in [2.05, 4.69) is 58.5 Å².